The first-order valence-electron chi connectivity index (χ1n) is 15.6. The molecular formula is C32H44N6O3. The van der Waals surface area contributed by atoms with Gasteiger partial charge in [0.15, 0.2) is 5.69 Å². The Morgan fingerprint density at radius 2 is 1.88 bits per heavy atom. The van der Waals surface area contributed by atoms with Crippen molar-refractivity contribution in [3.63, 3.8) is 0 Å². The predicted octanol–water partition coefficient (Wildman–Crippen LogP) is 3.98. The van der Waals surface area contributed by atoms with Crippen LogP contribution in [0.3, 0.4) is 0 Å². The van der Waals surface area contributed by atoms with Crippen LogP contribution in [0.25, 0.3) is 11.3 Å². The molecule has 5 fully saturated rings. The highest BCUT2D eigenvalue weighted by molar-refractivity contribution is 5.99. The molecule has 5 aliphatic rings. The smallest absolute Gasteiger partial charge is 0.272 e. The van der Waals surface area contributed by atoms with E-state index in [0.29, 0.717) is 49.4 Å². The molecule has 41 heavy (non-hydrogen) atoms. The van der Waals surface area contributed by atoms with Crippen LogP contribution in [0.5, 0.6) is 5.88 Å². The van der Waals surface area contributed by atoms with E-state index in [1.165, 1.54) is 0 Å². The van der Waals surface area contributed by atoms with E-state index >= 15 is 0 Å². The molecule has 2 amide bonds. The molecule has 0 radical (unpaired) electrons. The molecule has 0 unspecified atom stereocenters. The molecule has 6 heterocycles. The van der Waals surface area contributed by atoms with E-state index < -0.39 is 0 Å². The minimum Gasteiger partial charge on any atom is -0.477 e. The maximum Gasteiger partial charge on any atom is 0.272 e. The molecule has 0 spiro atoms. The second-order valence-electron chi connectivity index (χ2n) is 12.5. The van der Waals surface area contributed by atoms with Gasteiger partial charge in [-0.3, -0.25) is 9.59 Å². The van der Waals surface area contributed by atoms with Crippen molar-refractivity contribution in [2.45, 2.75) is 71.4 Å². The Balaban J connectivity index is 1.31. The molecular weight excluding hydrogens is 516 g/mol. The summed E-state index contributed by atoms with van der Waals surface area (Å²) in [7, 11) is 0. The van der Waals surface area contributed by atoms with Crippen LogP contribution in [0.4, 0.5) is 5.69 Å². The number of nitrogens with zero attached hydrogens (tertiary/aromatic N) is 5. The molecule has 0 aromatic carbocycles. The minimum atomic E-state index is -0.202. The largest absolute Gasteiger partial charge is 0.477 e. The van der Waals surface area contributed by atoms with E-state index in [1.54, 1.807) is 6.20 Å². The average molecular weight is 561 g/mol. The fourth-order valence-corrected chi connectivity index (χ4v) is 7.21. The second-order valence-corrected chi connectivity index (χ2v) is 12.5. The topological polar surface area (TPSA) is 90.9 Å². The molecule has 1 saturated carbocycles. The van der Waals surface area contributed by atoms with Crippen LogP contribution in [0, 0.1) is 11.3 Å². The van der Waals surface area contributed by atoms with Crippen molar-refractivity contribution in [2.75, 3.05) is 50.8 Å². The van der Waals surface area contributed by atoms with Gasteiger partial charge in [-0.15, -0.1) is 0 Å². The van der Waals surface area contributed by atoms with Crippen LogP contribution >= 0.6 is 0 Å². The van der Waals surface area contributed by atoms with Gasteiger partial charge >= 0.3 is 0 Å². The number of piperidine rings is 3. The van der Waals surface area contributed by atoms with Crippen molar-refractivity contribution in [2.24, 2.45) is 11.3 Å². The monoisotopic (exact) mass is 560 g/mol. The first kappa shape index (κ1) is 27.9. The lowest BCUT2D eigenvalue weighted by molar-refractivity contribution is -0.146. The van der Waals surface area contributed by atoms with Gasteiger partial charge in [0.05, 0.1) is 23.6 Å². The number of amides is 2. The van der Waals surface area contributed by atoms with E-state index in [9.17, 15) is 9.59 Å². The maximum atomic E-state index is 14.1. The molecule has 4 saturated heterocycles. The molecule has 9 nitrogen and oxygen atoms in total. The number of hydrogen-bond acceptors (Lipinski definition) is 7. The molecule has 2 aromatic rings. The summed E-state index contributed by atoms with van der Waals surface area (Å²) < 4.78 is 5.80. The van der Waals surface area contributed by atoms with Gasteiger partial charge in [0.2, 0.25) is 11.8 Å². The molecule has 1 N–H and O–H groups in total. The standard InChI is InChI=1S/C32H44N6O3/c1-4-23-20-37(31(40)32(3)13-7-14-32)18-19-38(23)27-10-9-25(24-8-6-15-33-30(24)41-5-2)34-28(27)29(39)35-26-21-36-16-11-22(26)12-17-36/h6,8-10,15,22-23,26H,4-5,7,11-14,16-21H2,1-3H3,(H,35,39)/t23-,26-/m1/s1. The van der Waals surface area contributed by atoms with Crippen molar-refractivity contribution in [3.8, 4) is 17.1 Å². The first-order valence-corrected chi connectivity index (χ1v) is 15.6. The van der Waals surface area contributed by atoms with Gasteiger partial charge in [0.1, 0.15) is 0 Å². The summed E-state index contributed by atoms with van der Waals surface area (Å²) in [5, 5.41) is 3.38. The van der Waals surface area contributed by atoms with Crippen molar-refractivity contribution in [3.05, 3.63) is 36.2 Å². The number of nitrogens with one attached hydrogen (secondary N) is 1. The number of pyridine rings is 2. The van der Waals surface area contributed by atoms with Gasteiger partial charge in [0, 0.05) is 49.9 Å². The van der Waals surface area contributed by atoms with Crippen molar-refractivity contribution in [1.82, 2.24) is 25.1 Å². The normalized spacial score (nSPS) is 26.8. The summed E-state index contributed by atoms with van der Waals surface area (Å²) in [6.07, 6.45) is 7.95. The third-order valence-corrected chi connectivity index (χ3v) is 9.91. The van der Waals surface area contributed by atoms with E-state index in [0.717, 1.165) is 69.4 Å². The zero-order valence-corrected chi connectivity index (χ0v) is 24.8. The van der Waals surface area contributed by atoms with Crippen LogP contribution in [-0.4, -0.2) is 89.5 Å². The molecule has 4 aliphatic heterocycles. The first-order chi connectivity index (χ1) is 19.9. The number of piperazine rings is 1. The second kappa shape index (κ2) is 11.6. The van der Waals surface area contributed by atoms with E-state index in [1.807, 2.05) is 31.2 Å². The van der Waals surface area contributed by atoms with Gasteiger partial charge < -0.3 is 24.8 Å². The van der Waals surface area contributed by atoms with E-state index in [4.69, 9.17) is 9.72 Å². The van der Waals surface area contributed by atoms with Gasteiger partial charge in [-0.2, -0.15) is 0 Å². The van der Waals surface area contributed by atoms with E-state index in [2.05, 4.69) is 38.8 Å². The maximum absolute atomic E-state index is 14.1. The van der Waals surface area contributed by atoms with Gasteiger partial charge in [-0.1, -0.05) is 20.3 Å². The Kier molecular flexibility index (Phi) is 7.90. The van der Waals surface area contributed by atoms with Crippen molar-refractivity contribution in [1.29, 1.82) is 0 Å². The number of carbonyl (C=O) groups is 2. The van der Waals surface area contributed by atoms with Crippen molar-refractivity contribution >= 4 is 17.5 Å². The quantitative estimate of drug-likeness (QED) is 0.522. The molecule has 2 atom stereocenters. The van der Waals surface area contributed by atoms with Crippen molar-refractivity contribution < 1.29 is 14.3 Å². The highest BCUT2D eigenvalue weighted by Gasteiger charge is 2.44. The third-order valence-electron chi connectivity index (χ3n) is 9.91. The Morgan fingerprint density at radius 3 is 2.54 bits per heavy atom. The molecule has 2 aromatic heterocycles. The summed E-state index contributed by atoms with van der Waals surface area (Å²) in [4.78, 5) is 43.7. The van der Waals surface area contributed by atoms with Crippen LogP contribution in [0.1, 0.15) is 69.8 Å². The molecule has 7 rings (SSSR count). The SMILES string of the molecule is CCOc1ncccc1-c1ccc(N2CCN(C(=O)C3(C)CCC3)C[C@H]2CC)c(C(=O)N[C@@H]2CN3CCC2CC3)n1. The number of hydrogen-bond donors (Lipinski definition) is 1. The lowest BCUT2D eigenvalue weighted by atomic mass is 9.69. The number of ether oxygens (including phenoxy) is 1. The number of aromatic nitrogens is 2. The van der Waals surface area contributed by atoms with Gasteiger partial charge in [0.25, 0.3) is 5.91 Å². The van der Waals surface area contributed by atoms with E-state index in [-0.39, 0.29) is 29.3 Å². The third kappa shape index (κ3) is 5.41. The molecule has 220 valence electrons. The number of anilines is 1. The summed E-state index contributed by atoms with van der Waals surface area (Å²) in [5.74, 6) is 1.19. The Hall–Kier alpha value is -3.20. The van der Waals surface area contributed by atoms with Crippen LogP contribution in [0.2, 0.25) is 0 Å². The summed E-state index contributed by atoms with van der Waals surface area (Å²) >= 11 is 0. The number of rotatable bonds is 8. The lowest BCUT2D eigenvalue weighted by Gasteiger charge is -2.47. The van der Waals surface area contributed by atoms with Crippen LogP contribution in [0.15, 0.2) is 30.5 Å². The Bertz CT molecular complexity index is 1270. The summed E-state index contributed by atoms with van der Waals surface area (Å²) in [6, 6.07) is 8.07. The molecule has 1 aliphatic carbocycles. The molecule has 9 heteroatoms. The number of carbonyl (C=O) groups excluding carboxylic acids is 2. The highest BCUT2D eigenvalue weighted by atomic mass is 16.5. The van der Waals surface area contributed by atoms with Crippen LogP contribution in [-0.2, 0) is 4.79 Å². The van der Waals surface area contributed by atoms with Gasteiger partial charge in [-0.05, 0) is 82.3 Å². The Labute approximate surface area is 243 Å². The number of fused-ring (bicyclic) bond motifs is 3. The van der Waals surface area contributed by atoms with Gasteiger partial charge in [-0.25, -0.2) is 9.97 Å². The zero-order valence-electron chi connectivity index (χ0n) is 24.8. The zero-order chi connectivity index (χ0) is 28.6. The summed E-state index contributed by atoms with van der Waals surface area (Å²) in [6.45, 7) is 11.9. The average Bonchev–Trinajstić information content (AvgIpc) is 3.00. The fraction of sp³-hybridized carbons (Fsp3) is 0.625. The van der Waals surface area contributed by atoms with Crippen LogP contribution < -0.4 is 15.0 Å². The Morgan fingerprint density at radius 1 is 1.07 bits per heavy atom. The fourth-order valence-electron chi connectivity index (χ4n) is 7.21. The minimum absolute atomic E-state index is 0.116. The highest BCUT2D eigenvalue weighted by Crippen LogP contribution is 2.42. The molecule has 2 bridgehead atoms. The lowest BCUT2D eigenvalue weighted by Crippen LogP contribution is -2.59. The predicted molar refractivity (Wildman–Crippen MR) is 159 cm³/mol. The summed E-state index contributed by atoms with van der Waals surface area (Å²) in [5.41, 5.74) is 2.52.